The molecule has 5 nitrogen and oxygen atoms in total. The summed E-state index contributed by atoms with van der Waals surface area (Å²) in [6, 6.07) is 13.8. The molecule has 0 radical (unpaired) electrons. The molecule has 1 aromatic heterocycles. The number of rotatable bonds is 4. The first-order valence-corrected chi connectivity index (χ1v) is 11.0. The maximum atomic E-state index is 13.8. The van der Waals surface area contributed by atoms with Gasteiger partial charge in [-0.2, -0.15) is 18.2 Å². The number of nitrogens with one attached hydrogen (secondary N) is 1. The second kappa shape index (κ2) is 9.57. The first-order valence-electron chi connectivity index (χ1n) is 10.2. The Morgan fingerprint density at radius 2 is 1.82 bits per heavy atom. The maximum Gasteiger partial charge on any atom is 0.421 e. The number of nitrogens with zero attached hydrogens (tertiary/aromatic N) is 3. The van der Waals surface area contributed by atoms with E-state index in [1.54, 1.807) is 12.1 Å². The van der Waals surface area contributed by atoms with E-state index in [2.05, 4.69) is 15.3 Å². The highest BCUT2D eigenvalue weighted by molar-refractivity contribution is 6.42. The summed E-state index contributed by atoms with van der Waals surface area (Å²) in [7, 11) is 0. The molecule has 1 N–H and O–H groups in total. The Morgan fingerprint density at radius 1 is 1.06 bits per heavy atom. The largest absolute Gasteiger partial charge is 0.421 e. The maximum absolute atomic E-state index is 13.8. The van der Waals surface area contributed by atoms with Gasteiger partial charge in [-0.3, -0.25) is 4.79 Å². The van der Waals surface area contributed by atoms with Crippen molar-refractivity contribution in [2.24, 2.45) is 0 Å². The summed E-state index contributed by atoms with van der Waals surface area (Å²) in [5, 5.41) is 3.50. The molecule has 1 fully saturated rings. The molecule has 0 spiro atoms. The van der Waals surface area contributed by atoms with E-state index in [4.69, 9.17) is 23.2 Å². The second-order valence-electron chi connectivity index (χ2n) is 7.66. The average Bonchev–Trinajstić information content (AvgIpc) is 2.98. The molecule has 0 aliphatic carbocycles. The quantitative estimate of drug-likeness (QED) is 0.448. The minimum atomic E-state index is -4.66. The summed E-state index contributed by atoms with van der Waals surface area (Å²) in [6.07, 6.45) is -3.18. The molecule has 0 saturated carbocycles. The Kier molecular flexibility index (Phi) is 6.76. The molecule has 172 valence electrons. The van der Waals surface area contributed by atoms with E-state index in [0.717, 1.165) is 11.8 Å². The van der Waals surface area contributed by atoms with Gasteiger partial charge in [0.2, 0.25) is 5.95 Å². The van der Waals surface area contributed by atoms with Crippen LogP contribution in [0.1, 0.15) is 29.9 Å². The van der Waals surface area contributed by atoms with Gasteiger partial charge in [-0.1, -0.05) is 53.5 Å². The molecule has 0 amide bonds. The third kappa shape index (κ3) is 5.39. The SMILES string of the molecule is O=C1CCCN(c2nc(Nc3ccc(Cl)c(Cl)c3)ncc2C(F)(F)F)CC1c1ccccc1. The van der Waals surface area contributed by atoms with Crippen molar-refractivity contribution in [2.45, 2.75) is 24.9 Å². The van der Waals surface area contributed by atoms with Crippen molar-refractivity contribution in [1.29, 1.82) is 0 Å². The molecular weight excluding hydrogens is 476 g/mol. The zero-order chi connectivity index (χ0) is 23.6. The zero-order valence-corrected chi connectivity index (χ0v) is 18.8. The van der Waals surface area contributed by atoms with Crippen LogP contribution in [0.4, 0.5) is 30.6 Å². The van der Waals surface area contributed by atoms with Gasteiger partial charge in [0.05, 0.1) is 16.0 Å². The smallest absolute Gasteiger partial charge is 0.355 e. The summed E-state index contributed by atoms with van der Waals surface area (Å²) in [4.78, 5) is 22.3. The van der Waals surface area contributed by atoms with Crippen LogP contribution in [0.25, 0.3) is 0 Å². The minimum absolute atomic E-state index is 0.000435. The fourth-order valence-corrected chi connectivity index (χ4v) is 4.08. The van der Waals surface area contributed by atoms with Crippen LogP contribution < -0.4 is 10.2 Å². The van der Waals surface area contributed by atoms with E-state index < -0.39 is 17.7 Å². The molecule has 3 aromatic rings. The number of aromatic nitrogens is 2. The standard InChI is InChI=1S/C23H19Cl2F3N4O/c24-18-9-8-15(11-19(18)25)30-22-29-12-17(23(26,27)28)21(31-22)32-10-4-7-20(33)16(13-32)14-5-2-1-3-6-14/h1-3,5-6,8-9,11-12,16H,4,7,10,13H2,(H,29,30,31). The van der Waals surface area contributed by atoms with Crippen LogP contribution in [0.15, 0.2) is 54.7 Å². The van der Waals surface area contributed by atoms with E-state index in [0.29, 0.717) is 17.1 Å². The molecule has 1 atom stereocenters. The molecule has 1 aliphatic rings. The van der Waals surface area contributed by atoms with Gasteiger partial charge in [0.1, 0.15) is 17.2 Å². The van der Waals surface area contributed by atoms with Crippen molar-refractivity contribution < 1.29 is 18.0 Å². The van der Waals surface area contributed by atoms with Gasteiger partial charge >= 0.3 is 6.18 Å². The normalized spacial score (nSPS) is 17.1. The molecule has 1 unspecified atom stereocenters. The molecule has 10 heteroatoms. The monoisotopic (exact) mass is 494 g/mol. The lowest BCUT2D eigenvalue weighted by atomic mass is 9.93. The van der Waals surface area contributed by atoms with Gasteiger partial charge in [-0.05, 0) is 30.2 Å². The molecule has 2 heterocycles. The van der Waals surface area contributed by atoms with Gasteiger partial charge < -0.3 is 10.2 Å². The summed E-state index contributed by atoms with van der Waals surface area (Å²) in [6.45, 7) is 0.358. The Hall–Kier alpha value is -2.84. The first kappa shape index (κ1) is 23.3. The first-order chi connectivity index (χ1) is 15.7. The number of anilines is 3. The van der Waals surface area contributed by atoms with Crippen LogP contribution in [0.5, 0.6) is 0 Å². The number of hydrogen-bond acceptors (Lipinski definition) is 5. The Morgan fingerprint density at radius 3 is 2.52 bits per heavy atom. The van der Waals surface area contributed by atoms with Gasteiger partial charge in [0.25, 0.3) is 0 Å². The zero-order valence-electron chi connectivity index (χ0n) is 17.2. The van der Waals surface area contributed by atoms with E-state index in [9.17, 15) is 18.0 Å². The number of hydrogen-bond donors (Lipinski definition) is 1. The summed E-state index contributed by atoms with van der Waals surface area (Å²) in [5.74, 6) is -0.837. The molecule has 0 bridgehead atoms. The minimum Gasteiger partial charge on any atom is -0.355 e. The number of benzene rings is 2. The summed E-state index contributed by atoms with van der Waals surface area (Å²) >= 11 is 11.9. The highest BCUT2D eigenvalue weighted by atomic mass is 35.5. The van der Waals surface area contributed by atoms with Gasteiger partial charge in [-0.25, -0.2) is 4.98 Å². The number of carbonyl (C=O) groups excluding carboxylic acids is 1. The average molecular weight is 495 g/mol. The third-order valence-corrected chi connectivity index (χ3v) is 6.13. The van der Waals surface area contributed by atoms with Crippen molar-refractivity contribution in [3.63, 3.8) is 0 Å². The highest BCUT2D eigenvalue weighted by Gasteiger charge is 2.38. The van der Waals surface area contributed by atoms with Crippen molar-refractivity contribution in [3.8, 4) is 0 Å². The number of alkyl halides is 3. The van der Waals surface area contributed by atoms with Gasteiger partial charge in [0, 0.05) is 31.4 Å². The molecule has 1 aliphatic heterocycles. The third-order valence-electron chi connectivity index (χ3n) is 5.39. The van der Waals surface area contributed by atoms with Crippen LogP contribution in [0.3, 0.4) is 0 Å². The van der Waals surface area contributed by atoms with Gasteiger partial charge in [0.15, 0.2) is 0 Å². The molecule has 4 rings (SSSR count). The number of ketones is 1. The lowest BCUT2D eigenvalue weighted by Gasteiger charge is -2.27. The fraction of sp³-hybridized carbons (Fsp3) is 0.261. The van der Waals surface area contributed by atoms with Crippen molar-refractivity contribution in [1.82, 2.24) is 9.97 Å². The number of carbonyl (C=O) groups is 1. The van der Waals surface area contributed by atoms with E-state index in [1.807, 2.05) is 30.3 Å². The molecular formula is C23H19Cl2F3N4O. The van der Waals surface area contributed by atoms with E-state index in [1.165, 1.54) is 11.0 Å². The predicted octanol–water partition coefficient (Wildman–Crippen LogP) is 6.50. The van der Waals surface area contributed by atoms with Crippen molar-refractivity contribution >= 4 is 46.4 Å². The Balaban J connectivity index is 1.71. The fourth-order valence-electron chi connectivity index (χ4n) is 3.78. The Labute approximate surface area is 198 Å². The molecule has 2 aromatic carbocycles. The summed E-state index contributed by atoms with van der Waals surface area (Å²) < 4.78 is 41.5. The Bertz CT molecular complexity index is 1160. The lowest BCUT2D eigenvalue weighted by Crippen LogP contribution is -2.32. The van der Waals surface area contributed by atoms with E-state index >= 15 is 0 Å². The van der Waals surface area contributed by atoms with Crippen LogP contribution >= 0.6 is 23.2 Å². The topological polar surface area (TPSA) is 58.1 Å². The predicted molar refractivity (Wildman–Crippen MR) is 122 cm³/mol. The van der Waals surface area contributed by atoms with Crippen molar-refractivity contribution in [3.05, 3.63) is 75.9 Å². The van der Waals surface area contributed by atoms with Crippen LogP contribution in [-0.4, -0.2) is 28.8 Å². The summed E-state index contributed by atoms with van der Waals surface area (Å²) in [5.41, 5.74) is 0.290. The number of Topliss-reactive ketones (excluding diaryl/α,β-unsaturated/α-hetero) is 1. The molecule has 1 saturated heterocycles. The number of halogens is 5. The van der Waals surface area contributed by atoms with Crippen LogP contribution in [0, 0.1) is 0 Å². The van der Waals surface area contributed by atoms with Crippen molar-refractivity contribution in [2.75, 3.05) is 23.3 Å². The molecule has 33 heavy (non-hydrogen) atoms. The highest BCUT2D eigenvalue weighted by Crippen LogP contribution is 2.38. The van der Waals surface area contributed by atoms with E-state index in [-0.39, 0.29) is 42.1 Å². The van der Waals surface area contributed by atoms with Crippen LogP contribution in [-0.2, 0) is 11.0 Å². The second-order valence-corrected chi connectivity index (χ2v) is 8.48. The van der Waals surface area contributed by atoms with Gasteiger partial charge in [-0.15, -0.1) is 0 Å². The lowest BCUT2D eigenvalue weighted by molar-refractivity contribution is -0.137. The van der Waals surface area contributed by atoms with Crippen LogP contribution in [0.2, 0.25) is 10.0 Å².